The summed E-state index contributed by atoms with van der Waals surface area (Å²) in [4.78, 5) is 55.4. The zero-order valence-corrected chi connectivity index (χ0v) is 46.3. The van der Waals surface area contributed by atoms with Gasteiger partial charge in [-0.05, 0) is 18.1 Å². The second-order valence-corrected chi connectivity index (χ2v) is 21.4. The van der Waals surface area contributed by atoms with Gasteiger partial charge in [0.15, 0.2) is 46.1 Å². The molecule has 6 heterocycles. The number of aromatic nitrogens is 8. The number of nitrogens with zero attached hydrogens (tertiary/aromatic N) is 8. The molecule has 2 saturated heterocycles. The number of aliphatic hydroxyl groups excluding tert-OH is 4. The molecule has 12 atom stereocenters. The first-order valence-corrected chi connectivity index (χ1v) is 24.8. The summed E-state index contributed by atoms with van der Waals surface area (Å²) in [7, 11) is -10.2. The van der Waals surface area contributed by atoms with Gasteiger partial charge >= 0.3 is 147 Å². The number of ether oxygens (including phenoxy) is 2. The smallest absolute Gasteiger partial charge is 0.387 e. The second kappa shape index (κ2) is 23.5. The fraction of sp³-hybridized carbons (Fsp3) is 0.545. The standard InChI is InChI=1S/C22H32N10O17P4S3.4Na/c1-24-17-11-19(30-22(29-17)56-2)32(7-28-11)21-15(36)13(34)9(46-21)4-44-53(42,55)49-51(39,40)47-50(37,38)48-52(41,54)43-3-8-12(33)14(35)20(45-8)31-6-27-10-16(23)25-5-26-18(10)31;;;;/h5-9,12-15,20-21,33-36H,3-4H2,1-2H3,(H,37,38)(H,39,40)(H,41,54)(H,42,55)(H2,23,25,26)(H,24,29,30);;;;/q;4*+1/t8-,9-,12-,13-,14-,15-,20-,21-,52?,53?;;;;/m1..../s1. The molecule has 38 heteroatoms. The third-order valence-corrected chi connectivity index (χ3v) is 16.2. The van der Waals surface area contributed by atoms with Gasteiger partial charge in [-0.15, -0.1) is 0 Å². The van der Waals surface area contributed by atoms with Crippen molar-refractivity contribution in [2.24, 2.45) is 0 Å². The molecule has 60 heavy (non-hydrogen) atoms. The van der Waals surface area contributed by atoms with Gasteiger partial charge < -0.3 is 60.2 Å². The van der Waals surface area contributed by atoms with Crippen molar-refractivity contribution >= 4 is 98.9 Å². The van der Waals surface area contributed by atoms with E-state index in [1.807, 2.05) is 0 Å². The van der Waals surface area contributed by atoms with Crippen molar-refractivity contribution in [1.82, 2.24) is 39.0 Å². The van der Waals surface area contributed by atoms with E-state index in [9.17, 15) is 48.8 Å². The first-order chi connectivity index (χ1) is 26.1. The van der Waals surface area contributed by atoms with E-state index in [2.05, 4.69) is 60.4 Å². The predicted molar refractivity (Wildman–Crippen MR) is 196 cm³/mol. The molecule has 27 nitrogen and oxygen atoms in total. The molecule has 4 aromatic rings. The van der Waals surface area contributed by atoms with Gasteiger partial charge in [-0.1, -0.05) is 24.0 Å². The summed E-state index contributed by atoms with van der Waals surface area (Å²) in [5.41, 5.74) is 6.60. The van der Waals surface area contributed by atoms with Crippen LogP contribution in [0.1, 0.15) is 12.5 Å². The molecule has 310 valence electrons. The largest absolute Gasteiger partial charge is 1.00 e. The topological polar surface area (TPSA) is 383 Å². The molecule has 10 N–H and O–H groups in total. The van der Waals surface area contributed by atoms with Gasteiger partial charge in [0.25, 0.3) is 0 Å². The van der Waals surface area contributed by atoms with Crippen LogP contribution in [0.15, 0.2) is 24.1 Å². The summed E-state index contributed by atoms with van der Waals surface area (Å²) in [6.45, 7) is -11.7. The van der Waals surface area contributed by atoms with E-state index in [1.165, 1.54) is 33.6 Å². The Morgan fingerprint density at radius 2 is 1.32 bits per heavy atom. The zero-order valence-electron chi connectivity index (χ0n) is 32.2. The first-order valence-electron chi connectivity index (χ1n) is 15.3. The number of fused-ring (bicyclic) bond motifs is 2. The van der Waals surface area contributed by atoms with E-state index in [-0.39, 0.29) is 141 Å². The maximum Gasteiger partial charge on any atom is 1.00 e. The van der Waals surface area contributed by atoms with E-state index < -0.39 is 91.5 Å². The van der Waals surface area contributed by atoms with Gasteiger partial charge in [0.05, 0.1) is 25.9 Å². The van der Waals surface area contributed by atoms with Gasteiger partial charge in [-0.2, -0.15) is 8.62 Å². The number of hydrogen-bond donors (Lipinski definition) is 10. The number of hydrogen-bond acceptors (Lipinski definition) is 24. The number of imidazole rings is 2. The summed E-state index contributed by atoms with van der Waals surface area (Å²) in [5.74, 6) is 0.396. The van der Waals surface area contributed by atoms with Crippen molar-refractivity contribution in [3.8, 4) is 0 Å². The summed E-state index contributed by atoms with van der Waals surface area (Å²) in [5, 5.41) is 45.7. The van der Waals surface area contributed by atoms with E-state index in [0.717, 1.165) is 6.33 Å². The normalized spacial score (nSPS) is 27.9. The van der Waals surface area contributed by atoms with E-state index in [1.54, 1.807) is 13.3 Å². The Morgan fingerprint density at radius 3 is 1.87 bits per heavy atom. The Morgan fingerprint density at radius 1 is 0.800 bits per heavy atom. The van der Waals surface area contributed by atoms with Gasteiger partial charge in [0, 0.05) is 7.05 Å². The van der Waals surface area contributed by atoms with Crippen LogP contribution in [0.4, 0.5) is 11.6 Å². The average Bonchev–Trinajstić information content (AvgIpc) is 3.86. The Bertz CT molecular complexity index is 2320. The number of aliphatic hydroxyl groups is 4. The quantitative estimate of drug-likeness (QED) is 0.0164. The van der Waals surface area contributed by atoms with E-state index >= 15 is 0 Å². The molecule has 6 rings (SSSR count). The number of phosphoric acid groups is 2. The zero-order chi connectivity index (χ0) is 41.0. The van der Waals surface area contributed by atoms with E-state index in [4.69, 9.17) is 36.1 Å². The number of nitrogens with two attached hydrogens (primary N) is 1. The van der Waals surface area contributed by atoms with Crippen molar-refractivity contribution in [1.29, 1.82) is 0 Å². The monoisotopic (exact) mass is 1020 g/mol. The van der Waals surface area contributed by atoms with Crippen LogP contribution in [0, 0.1) is 0 Å². The number of anilines is 2. The van der Waals surface area contributed by atoms with Crippen molar-refractivity contribution in [3.63, 3.8) is 0 Å². The van der Waals surface area contributed by atoms with Crippen LogP contribution in [-0.4, -0.2) is 137 Å². The third kappa shape index (κ3) is 13.7. The molecule has 0 aromatic carbocycles. The number of nitrogen functional groups attached to an aromatic ring is 1. The molecular weight excluding hydrogens is 988 g/mol. The molecule has 4 aromatic heterocycles. The fourth-order valence-corrected chi connectivity index (χ4v) is 12.7. The predicted octanol–water partition coefficient (Wildman–Crippen LogP) is -12.2. The number of nitrogens with one attached hydrogen (secondary N) is 1. The van der Waals surface area contributed by atoms with Crippen molar-refractivity contribution < 1.29 is 198 Å². The minimum atomic E-state index is -5.93. The van der Waals surface area contributed by atoms with Crippen LogP contribution in [0.5, 0.6) is 0 Å². The maximum atomic E-state index is 12.8. The van der Waals surface area contributed by atoms with Crippen LogP contribution >= 0.6 is 53.2 Å². The molecule has 0 saturated carbocycles. The summed E-state index contributed by atoms with van der Waals surface area (Å²) in [6.07, 6.45) is -6.84. The van der Waals surface area contributed by atoms with Gasteiger partial charge in [0.1, 0.15) is 48.5 Å². The first kappa shape index (κ1) is 58.3. The molecule has 0 amide bonds. The molecule has 0 radical (unpaired) electrons. The molecule has 0 bridgehead atoms. The molecule has 4 unspecified atom stereocenters. The molecule has 0 spiro atoms. The van der Waals surface area contributed by atoms with Gasteiger partial charge in [0.2, 0.25) is 0 Å². The molecule has 2 aliphatic heterocycles. The fourth-order valence-electron chi connectivity index (χ4n) is 5.40. The van der Waals surface area contributed by atoms with Crippen LogP contribution in [-0.2, 0) is 57.0 Å². The van der Waals surface area contributed by atoms with Gasteiger partial charge in [-0.3, -0.25) is 13.7 Å². The van der Waals surface area contributed by atoms with Crippen molar-refractivity contribution in [2.45, 2.75) is 54.2 Å². The maximum absolute atomic E-state index is 12.8. The number of rotatable bonds is 16. The van der Waals surface area contributed by atoms with Crippen LogP contribution in [0.25, 0.3) is 22.3 Å². The Hall–Kier alpha value is 2.18. The van der Waals surface area contributed by atoms with Crippen molar-refractivity contribution in [3.05, 3.63) is 19.0 Å². The van der Waals surface area contributed by atoms with Gasteiger partial charge in [-0.25, -0.2) is 47.9 Å². The van der Waals surface area contributed by atoms with Crippen molar-refractivity contribution in [2.75, 3.05) is 37.6 Å². The minimum Gasteiger partial charge on any atom is -0.387 e. The Kier molecular flexibility index (Phi) is 22.8. The second-order valence-electron chi connectivity index (χ2n) is 11.5. The average molecular weight is 1020 g/mol. The molecular formula is C22H32N10Na4O17P4S3+4. The van der Waals surface area contributed by atoms with Crippen LogP contribution in [0.2, 0.25) is 0 Å². The SMILES string of the molecule is CNc1nc(SC)nc2c1ncn2[C@@H]1O[C@H](COP(O)(=S)OP(=O)(O)OP(=O)(O)OP(=O)(S)OC[C@H]2O[C@@H](n3cnc4c(N)ncnc43)[C@H](O)[C@@H]2O)[C@@H](O)[C@H]1O.[Na+].[Na+].[Na+].[Na+]. The van der Waals surface area contributed by atoms with Crippen LogP contribution < -0.4 is 129 Å². The number of thioether (sulfide) groups is 1. The Balaban J connectivity index is 0.00000310. The Labute approximate surface area is 441 Å². The van der Waals surface area contributed by atoms with E-state index in [0.29, 0.717) is 16.5 Å². The van der Waals surface area contributed by atoms with Crippen LogP contribution in [0.3, 0.4) is 0 Å². The summed E-state index contributed by atoms with van der Waals surface area (Å²) >= 11 is 9.45. The third-order valence-electron chi connectivity index (χ3n) is 7.85. The molecule has 2 aliphatic rings. The molecule has 2 fully saturated rings. The minimum absolute atomic E-state index is 0. The summed E-state index contributed by atoms with van der Waals surface area (Å²) < 4.78 is 74.5. The number of thiol groups is 1. The summed E-state index contributed by atoms with van der Waals surface area (Å²) in [6, 6.07) is 0. The molecule has 0 aliphatic carbocycles.